The molecule has 1 amide bonds. The van der Waals surface area contributed by atoms with Crippen LogP contribution in [0.3, 0.4) is 0 Å². The molecule has 7 heteroatoms. The molecule has 0 spiro atoms. The van der Waals surface area contributed by atoms with Crippen molar-refractivity contribution in [3.63, 3.8) is 0 Å². The first-order chi connectivity index (χ1) is 8.90. The summed E-state index contributed by atoms with van der Waals surface area (Å²) in [5, 5.41) is 16.2. The minimum absolute atomic E-state index is 0.0457. The molecule has 102 valence electrons. The summed E-state index contributed by atoms with van der Waals surface area (Å²) >= 11 is 0. The molecule has 2 rings (SSSR count). The van der Waals surface area contributed by atoms with Crippen molar-refractivity contribution in [2.45, 2.75) is 39.5 Å². The molecule has 2 heterocycles. The summed E-state index contributed by atoms with van der Waals surface area (Å²) in [7, 11) is 0. The lowest BCUT2D eigenvalue weighted by Crippen LogP contribution is -2.14. The molecule has 0 aliphatic rings. The van der Waals surface area contributed by atoms with Gasteiger partial charge in [-0.2, -0.15) is 5.10 Å². The second kappa shape index (κ2) is 4.83. The molecule has 0 fully saturated rings. The molecule has 19 heavy (non-hydrogen) atoms. The lowest BCUT2D eigenvalue weighted by Gasteiger charge is -2.14. The van der Waals surface area contributed by atoms with E-state index >= 15 is 0 Å². The minimum atomic E-state index is -0.372. The highest BCUT2D eigenvalue weighted by atomic mass is 16.2. The maximum absolute atomic E-state index is 11.9. The van der Waals surface area contributed by atoms with Gasteiger partial charge >= 0.3 is 0 Å². The van der Waals surface area contributed by atoms with Crippen LogP contribution in [0.25, 0.3) is 0 Å². The third-order valence-corrected chi connectivity index (χ3v) is 2.70. The van der Waals surface area contributed by atoms with Crippen molar-refractivity contribution >= 4 is 11.7 Å². The highest BCUT2D eigenvalue weighted by molar-refractivity contribution is 6.00. The zero-order chi connectivity index (χ0) is 14.0. The molecule has 0 unspecified atom stereocenters. The highest BCUT2D eigenvalue weighted by Gasteiger charge is 2.18. The zero-order valence-electron chi connectivity index (χ0n) is 11.5. The fraction of sp³-hybridized carbons (Fsp3) is 0.500. The number of hydrogen-bond donors (Lipinski definition) is 3. The SMILES string of the molecule is CCc1nc(C(=O)Nc2cc(C(C)(C)C)[nH]n2)n[nH]1. The van der Waals surface area contributed by atoms with Gasteiger partial charge < -0.3 is 5.32 Å². The van der Waals surface area contributed by atoms with E-state index in [0.717, 1.165) is 5.69 Å². The summed E-state index contributed by atoms with van der Waals surface area (Å²) in [6, 6.07) is 1.81. The third kappa shape index (κ3) is 2.98. The summed E-state index contributed by atoms with van der Waals surface area (Å²) in [6.07, 6.45) is 0.705. The predicted molar refractivity (Wildman–Crippen MR) is 71.0 cm³/mol. The molecule has 0 aliphatic heterocycles. The Morgan fingerprint density at radius 2 is 2.05 bits per heavy atom. The van der Waals surface area contributed by atoms with Crippen molar-refractivity contribution in [1.82, 2.24) is 25.4 Å². The first-order valence-electron chi connectivity index (χ1n) is 6.18. The smallest absolute Gasteiger partial charge is 0.296 e. The molecule has 2 aromatic rings. The van der Waals surface area contributed by atoms with E-state index in [1.807, 2.05) is 13.0 Å². The number of aromatic amines is 2. The number of hydrogen-bond acceptors (Lipinski definition) is 4. The van der Waals surface area contributed by atoms with Crippen LogP contribution < -0.4 is 5.32 Å². The fourth-order valence-electron chi connectivity index (χ4n) is 1.50. The highest BCUT2D eigenvalue weighted by Crippen LogP contribution is 2.21. The molecule has 2 aromatic heterocycles. The third-order valence-electron chi connectivity index (χ3n) is 2.70. The van der Waals surface area contributed by atoms with E-state index < -0.39 is 0 Å². The number of anilines is 1. The Labute approximate surface area is 111 Å². The Hall–Kier alpha value is -2.18. The number of carbonyl (C=O) groups is 1. The van der Waals surface area contributed by atoms with Gasteiger partial charge in [0.1, 0.15) is 5.82 Å². The minimum Gasteiger partial charge on any atom is -0.302 e. The predicted octanol–water partition coefficient (Wildman–Crippen LogP) is 1.64. The first kappa shape index (κ1) is 13.3. The van der Waals surface area contributed by atoms with Gasteiger partial charge in [0.05, 0.1) is 0 Å². The number of H-pyrrole nitrogens is 2. The standard InChI is InChI=1S/C12H18N6O/c1-5-8-13-10(18-16-8)11(19)14-9-6-7(15-17-9)12(2,3)4/h6H,5H2,1-4H3,(H,13,16,18)(H2,14,15,17,19). The molecule has 3 N–H and O–H groups in total. The molecule has 0 radical (unpaired) electrons. The monoisotopic (exact) mass is 262 g/mol. The van der Waals surface area contributed by atoms with Crippen molar-refractivity contribution in [2.24, 2.45) is 0 Å². The Balaban J connectivity index is 2.09. The molecule has 0 atom stereocenters. The largest absolute Gasteiger partial charge is 0.302 e. The maximum Gasteiger partial charge on any atom is 0.296 e. The number of aromatic nitrogens is 5. The van der Waals surface area contributed by atoms with Gasteiger partial charge in [-0.25, -0.2) is 4.98 Å². The molecule has 0 bridgehead atoms. The van der Waals surface area contributed by atoms with E-state index in [1.54, 1.807) is 0 Å². The normalized spacial score (nSPS) is 11.6. The van der Waals surface area contributed by atoms with Gasteiger partial charge in [-0.05, 0) is 0 Å². The van der Waals surface area contributed by atoms with E-state index in [9.17, 15) is 4.79 Å². The summed E-state index contributed by atoms with van der Waals surface area (Å²) in [5.41, 5.74) is 0.905. The number of rotatable bonds is 3. The van der Waals surface area contributed by atoms with E-state index in [1.165, 1.54) is 0 Å². The summed E-state index contributed by atoms with van der Waals surface area (Å²) < 4.78 is 0. The van der Waals surface area contributed by atoms with E-state index in [2.05, 4.69) is 51.5 Å². The summed E-state index contributed by atoms with van der Waals surface area (Å²) in [4.78, 5) is 16.0. The summed E-state index contributed by atoms with van der Waals surface area (Å²) in [6.45, 7) is 8.13. The summed E-state index contributed by atoms with van der Waals surface area (Å²) in [5.74, 6) is 0.903. The Kier molecular flexibility index (Phi) is 3.37. The Bertz CT molecular complexity index is 577. The molecular formula is C12H18N6O. The maximum atomic E-state index is 11.9. The lowest BCUT2D eigenvalue weighted by atomic mass is 9.92. The van der Waals surface area contributed by atoms with Crippen LogP contribution in [0.1, 0.15) is 49.8 Å². The van der Waals surface area contributed by atoms with Crippen LogP contribution in [0.15, 0.2) is 6.07 Å². The van der Waals surface area contributed by atoms with Crippen LogP contribution in [0.2, 0.25) is 0 Å². The molecular weight excluding hydrogens is 244 g/mol. The van der Waals surface area contributed by atoms with Crippen LogP contribution in [0, 0.1) is 0 Å². The van der Waals surface area contributed by atoms with Gasteiger partial charge in [0.25, 0.3) is 5.91 Å². The molecule has 0 aromatic carbocycles. The second-order valence-corrected chi connectivity index (χ2v) is 5.33. The molecule has 0 saturated heterocycles. The average Bonchev–Trinajstić information content (AvgIpc) is 2.95. The van der Waals surface area contributed by atoms with Crippen LogP contribution in [0.4, 0.5) is 5.82 Å². The van der Waals surface area contributed by atoms with Crippen molar-refractivity contribution in [3.8, 4) is 0 Å². The van der Waals surface area contributed by atoms with Gasteiger partial charge in [-0.1, -0.05) is 27.7 Å². The van der Waals surface area contributed by atoms with Gasteiger partial charge in [0, 0.05) is 23.6 Å². The topological polar surface area (TPSA) is 99.3 Å². The quantitative estimate of drug-likeness (QED) is 0.782. The average molecular weight is 262 g/mol. The van der Waals surface area contributed by atoms with Crippen molar-refractivity contribution in [3.05, 3.63) is 23.4 Å². The van der Waals surface area contributed by atoms with Gasteiger partial charge in [0.2, 0.25) is 5.82 Å². The number of aryl methyl sites for hydroxylation is 1. The van der Waals surface area contributed by atoms with E-state index in [0.29, 0.717) is 18.1 Å². The van der Waals surface area contributed by atoms with Crippen molar-refractivity contribution < 1.29 is 4.79 Å². The van der Waals surface area contributed by atoms with Crippen molar-refractivity contribution in [1.29, 1.82) is 0 Å². The number of nitrogens with zero attached hydrogens (tertiary/aromatic N) is 3. The van der Waals surface area contributed by atoms with E-state index in [4.69, 9.17) is 0 Å². The van der Waals surface area contributed by atoms with Gasteiger partial charge in [-0.15, -0.1) is 5.10 Å². The molecule has 7 nitrogen and oxygen atoms in total. The number of carbonyl (C=O) groups excluding carboxylic acids is 1. The van der Waals surface area contributed by atoms with Crippen LogP contribution >= 0.6 is 0 Å². The molecule has 0 aliphatic carbocycles. The number of nitrogens with one attached hydrogen (secondary N) is 3. The van der Waals surface area contributed by atoms with Crippen LogP contribution in [0.5, 0.6) is 0 Å². The van der Waals surface area contributed by atoms with Crippen LogP contribution in [-0.4, -0.2) is 31.3 Å². The second-order valence-electron chi connectivity index (χ2n) is 5.33. The lowest BCUT2D eigenvalue weighted by molar-refractivity contribution is 0.101. The van der Waals surface area contributed by atoms with Gasteiger partial charge in [-0.3, -0.25) is 15.0 Å². The fourth-order valence-corrected chi connectivity index (χ4v) is 1.50. The van der Waals surface area contributed by atoms with Crippen molar-refractivity contribution in [2.75, 3.05) is 5.32 Å². The number of amides is 1. The molecule has 0 saturated carbocycles. The Morgan fingerprint density at radius 1 is 1.32 bits per heavy atom. The first-order valence-corrected chi connectivity index (χ1v) is 6.18. The van der Waals surface area contributed by atoms with E-state index in [-0.39, 0.29) is 17.1 Å². The zero-order valence-corrected chi connectivity index (χ0v) is 11.5. The Morgan fingerprint density at radius 3 is 2.58 bits per heavy atom. The van der Waals surface area contributed by atoms with Crippen LogP contribution in [-0.2, 0) is 11.8 Å². The van der Waals surface area contributed by atoms with Gasteiger partial charge in [0.15, 0.2) is 5.82 Å².